The van der Waals surface area contributed by atoms with Gasteiger partial charge in [0.1, 0.15) is 0 Å². The summed E-state index contributed by atoms with van der Waals surface area (Å²) in [5.74, 6) is -0.291. The Hall–Kier alpha value is -2.78. The van der Waals surface area contributed by atoms with Crippen molar-refractivity contribution in [2.45, 2.75) is 23.8 Å². The molecule has 2 N–H and O–H groups in total. The number of carbonyl (C=O) groups excluding carboxylic acids is 2. The Morgan fingerprint density at radius 1 is 1.03 bits per heavy atom. The number of ether oxygens (including phenoxy) is 1. The van der Waals surface area contributed by atoms with Crippen molar-refractivity contribution < 1.29 is 22.7 Å². The number of likely N-dealkylation sites (tertiary alicyclic amines) is 1. The molecule has 2 aromatic carbocycles. The van der Waals surface area contributed by atoms with Crippen LogP contribution in [-0.2, 0) is 14.8 Å². The predicted octanol–water partition coefficient (Wildman–Crippen LogP) is 3.10. The van der Waals surface area contributed by atoms with Crippen molar-refractivity contribution in [1.29, 1.82) is 0 Å². The third kappa shape index (κ3) is 5.43. The molecular formula is C20H22ClN3O5S. The zero-order valence-electron chi connectivity index (χ0n) is 16.3. The molecule has 0 unspecified atom stereocenters. The Balaban J connectivity index is 1.59. The number of nitrogens with one attached hydrogen (secondary N) is 2. The van der Waals surface area contributed by atoms with Crippen LogP contribution in [0, 0.1) is 0 Å². The third-order valence-electron chi connectivity index (χ3n) is 4.79. The molecule has 1 aliphatic rings. The summed E-state index contributed by atoms with van der Waals surface area (Å²) in [6.45, 7) is 1.01. The van der Waals surface area contributed by atoms with E-state index in [1.807, 2.05) is 0 Å². The van der Waals surface area contributed by atoms with Crippen LogP contribution in [0.15, 0.2) is 53.4 Å². The van der Waals surface area contributed by atoms with Crippen LogP contribution in [0.2, 0.25) is 5.02 Å². The highest BCUT2D eigenvalue weighted by Gasteiger charge is 2.24. The number of benzene rings is 2. The van der Waals surface area contributed by atoms with Crippen LogP contribution >= 0.6 is 11.6 Å². The molecule has 0 aliphatic carbocycles. The number of nitrogens with zero attached hydrogens (tertiary/aromatic N) is 1. The van der Waals surface area contributed by atoms with Gasteiger partial charge in [0, 0.05) is 35.4 Å². The maximum atomic E-state index is 12.5. The van der Waals surface area contributed by atoms with E-state index in [-0.39, 0.29) is 22.9 Å². The van der Waals surface area contributed by atoms with Crippen molar-refractivity contribution in [1.82, 2.24) is 10.2 Å². The summed E-state index contributed by atoms with van der Waals surface area (Å²) >= 11 is 5.81. The number of halogens is 1. The SMILES string of the molecule is COC(=O)N1CCC(NC(=O)c2ccc(S(=O)(=O)Nc3ccc(Cl)cc3)cc2)CC1. The average Bonchev–Trinajstić information content (AvgIpc) is 2.75. The number of hydrogen-bond acceptors (Lipinski definition) is 5. The van der Waals surface area contributed by atoms with Crippen LogP contribution in [0.3, 0.4) is 0 Å². The maximum absolute atomic E-state index is 12.5. The Kier molecular flexibility index (Phi) is 6.84. The van der Waals surface area contributed by atoms with E-state index in [1.54, 1.807) is 29.2 Å². The molecule has 0 spiro atoms. The van der Waals surface area contributed by atoms with E-state index in [4.69, 9.17) is 16.3 Å². The third-order valence-corrected chi connectivity index (χ3v) is 6.44. The second kappa shape index (κ2) is 9.36. The van der Waals surface area contributed by atoms with E-state index in [9.17, 15) is 18.0 Å². The molecule has 0 radical (unpaired) electrons. The number of hydrogen-bond donors (Lipinski definition) is 2. The fourth-order valence-corrected chi connectivity index (χ4v) is 4.31. The van der Waals surface area contributed by atoms with Gasteiger partial charge >= 0.3 is 6.09 Å². The highest BCUT2D eigenvalue weighted by atomic mass is 35.5. The molecule has 3 rings (SSSR count). The molecule has 10 heteroatoms. The number of sulfonamides is 1. The number of amides is 2. The lowest BCUT2D eigenvalue weighted by atomic mass is 10.0. The Morgan fingerprint density at radius 2 is 1.63 bits per heavy atom. The summed E-state index contributed by atoms with van der Waals surface area (Å²) in [6, 6.07) is 11.9. The summed E-state index contributed by atoms with van der Waals surface area (Å²) in [5, 5.41) is 3.42. The molecule has 1 aliphatic heterocycles. The second-order valence-electron chi connectivity index (χ2n) is 6.84. The first-order valence-electron chi connectivity index (χ1n) is 9.31. The lowest BCUT2D eigenvalue weighted by Gasteiger charge is -2.31. The number of rotatable bonds is 5. The zero-order valence-corrected chi connectivity index (χ0v) is 17.9. The van der Waals surface area contributed by atoms with Crippen molar-refractivity contribution in [3.8, 4) is 0 Å². The summed E-state index contributed by atoms with van der Waals surface area (Å²) in [4.78, 5) is 25.6. The normalized spacial score (nSPS) is 14.8. The van der Waals surface area contributed by atoms with Gasteiger partial charge in [0.2, 0.25) is 0 Å². The topological polar surface area (TPSA) is 105 Å². The Morgan fingerprint density at radius 3 is 2.20 bits per heavy atom. The van der Waals surface area contributed by atoms with E-state index in [0.29, 0.717) is 42.2 Å². The van der Waals surface area contributed by atoms with Gasteiger partial charge in [0.05, 0.1) is 12.0 Å². The lowest BCUT2D eigenvalue weighted by Crippen LogP contribution is -2.46. The minimum absolute atomic E-state index is 0.0420. The fraction of sp³-hybridized carbons (Fsp3) is 0.300. The number of anilines is 1. The molecule has 30 heavy (non-hydrogen) atoms. The van der Waals surface area contributed by atoms with Gasteiger partial charge < -0.3 is 15.0 Å². The van der Waals surface area contributed by atoms with Crippen molar-refractivity contribution in [2.24, 2.45) is 0 Å². The van der Waals surface area contributed by atoms with Gasteiger partial charge in [0.25, 0.3) is 15.9 Å². The average molecular weight is 452 g/mol. The molecule has 2 amide bonds. The molecule has 0 saturated carbocycles. The molecule has 0 aromatic heterocycles. The number of methoxy groups -OCH3 is 1. The van der Waals surface area contributed by atoms with Crippen molar-refractivity contribution >= 4 is 39.3 Å². The van der Waals surface area contributed by atoms with E-state index in [2.05, 4.69) is 10.0 Å². The quantitative estimate of drug-likeness (QED) is 0.726. The second-order valence-corrected chi connectivity index (χ2v) is 8.96. The van der Waals surface area contributed by atoms with Crippen LogP contribution in [-0.4, -0.2) is 51.6 Å². The van der Waals surface area contributed by atoms with Crippen molar-refractivity contribution in [3.63, 3.8) is 0 Å². The summed E-state index contributed by atoms with van der Waals surface area (Å²) in [7, 11) is -2.45. The lowest BCUT2D eigenvalue weighted by molar-refractivity contribution is 0.0892. The van der Waals surface area contributed by atoms with Gasteiger partial charge in [-0.25, -0.2) is 13.2 Å². The molecule has 1 saturated heterocycles. The molecular weight excluding hydrogens is 430 g/mol. The first-order valence-corrected chi connectivity index (χ1v) is 11.2. The van der Waals surface area contributed by atoms with Crippen molar-refractivity contribution in [2.75, 3.05) is 24.9 Å². The van der Waals surface area contributed by atoms with Crippen molar-refractivity contribution in [3.05, 3.63) is 59.1 Å². The molecule has 8 nitrogen and oxygen atoms in total. The summed E-state index contributed by atoms with van der Waals surface area (Å²) < 4.78 is 32.2. The standard InChI is InChI=1S/C20H22ClN3O5S/c1-29-20(26)24-12-10-16(11-13-24)22-19(25)14-2-8-18(9-3-14)30(27,28)23-17-6-4-15(21)5-7-17/h2-9,16,23H,10-13H2,1H3,(H,22,25). The summed E-state index contributed by atoms with van der Waals surface area (Å²) in [5.41, 5.74) is 0.746. The van der Waals surface area contributed by atoms with Crippen LogP contribution in [0.5, 0.6) is 0 Å². The van der Waals surface area contributed by atoms with Crippen LogP contribution < -0.4 is 10.0 Å². The molecule has 1 fully saturated rings. The number of piperidine rings is 1. The van der Waals surface area contributed by atoms with E-state index < -0.39 is 10.0 Å². The minimum atomic E-state index is -3.79. The van der Waals surface area contributed by atoms with Gasteiger partial charge in [-0.05, 0) is 61.4 Å². The van der Waals surface area contributed by atoms with Crippen LogP contribution in [0.4, 0.5) is 10.5 Å². The molecule has 0 atom stereocenters. The minimum Gasteiger partial charge on any atom is -0.453 e. The smallest absolute Gasteiger partial charge is 0.409 e. The van der Waals surface area contributed by atoms with Gasteiger partial charge in [-0.1, -0.05) is 11.6 Å². The van der Waals surface area contributed by atoms with Gasteiger partial charge in [0.15, 0.2) is 0 Å². The summed E-state index contributed by atoms with van der Waals surface area (Å²) in [6.07, 6.45) is 0.875. The monoisotopic (exact) mass is 451 g/mol. The van der Waals surface area contributed by atoms with Crippen LogP contribution in [0.25, 0.3) is 0 Å². The predicted molar refractivity (Wildman–Crippen MR) is 113 cm³/mol. The molecule has 2 aromatic rings. The van der Waals surface area contributed by atoms with Crippen LogP contribution in [0.1, 0.15) is 23.2 Å². The fourth-order valence-electron chi connectivity index (χ4n) is 3.12. The van der Waals surface area contributed by atoms with Gasteiger partial charge in [-0.3, -0.25) is 9.52 Å². The highest BCUT2D eigenvalue weighted by Crippen LogP contribution is 2.19. The first kappa shape index (κ1) is 21.9. The number of carbonyl (C=O) groups is 2. The van der Waals surface area contributed by atoms with E-state index in [1.165, 1.54) is 31.4 Å². The molecule has 0 bridgehead atoms. The van der Waals surface area contributed by atoms with Gasteiger partial charge in [-0.2, -0.15) is 0 Å². The Labute approximate surface area is 180 Å². The maximum Gasteiger partial charge on any atom is 0.409 e. The molecule has 1 heterocycles. The van der Waals surface area contributed by atoms with E-state index >= 15 is 0 Å². The largest absolute Gasteiger partial charge is 0.453 e. The van der Waals surface area contributed by atoms with E-state index in [0.717, 1.165) is 0 Å². The first-order chi connectivity index (χ1) is 14.3. The Bertz CT molecular complexity index is 1000. The zero-order chi connectivity index (χ0) is 21.7. The molecule has 160 valence electrons. The highest BCUT2D eigenvalue weighted by molar-refractivity contribution is 7.92. The van der Waals surface area contributed by atoms with Gasteiger partial charge in [-0.15, -0.1) is 0 Å².